The Bertz CT molecular complexity index is 1030. The molecule has 1 aromatic heterocycles. The minimum absolute atomic E-state index is 0.0410. The number of hydrogen-bond acceptors (Lipinski definition) is 6. The van der Waals surface area contributed by atoms with E-state index in [0.29, 0.717) is 23.9 Å². The van der Waals surface area contributed by atoms with E-state index in [-0.39, 0.29) is 22.8 Å². The number of para-hydroxylation sites is 1. The van der Waals surface area contributed by atoms with Gasteiger partial charge in [-0.15, -0.1) is 0 Å². The molecule has 9 heteroatoms. The minimum Gasteiger partial charge on any atom is -0.447 e. The molecule has 7 nitrogen and oxygen atoms in total. The number of halogens is 1. The Morgan fingerprint density at radius 2 is 2.11 bits per heavy atom. The summed E-state index contributed by atoms with van der Waals surface area (Å²) in [6.45, 7) is 5.07. The summed E-state index contributed by atoms with van der Waals surface area (Å²) >= 11 is 0. The summed E-state index contributed by atoms with van der Waals surface area (Å²) in [5.41, 5.74) is 0.380. The van der Waals surface area contributed by atoms with Gasteiger partial charge in [-0.2, -0.15) is 0 Å². The van der Waals surface area contributed by atoms with Crippen LogP contribution in [0.1, 0.15) is 36.4 Å². The second-order valence-corrected chi connectivity index (χ2v) is 9.13. The number of hydrogen-bond donors (Lipinski definition) is 0. The summed E-state index contributed by atoms with van der Waals surface area (Å²) in [6.07, 6.45) is -0.766. The molecule has 28 heavy (non-hydrogen) atoms. The van der Waals surface area contributed by atoms with Crippen LogP contribution in [0.4, 0.5) is 4.39 Å². The summed E-state index contributed by atoms with van der Waals surface area (Å²) < 4.78 is 47.8. The number of rotatable bonds is 5. The third kappa shape index (κ3) is 3.76. The number of amides is 1. The van der Waals surface area contributed by atoms with Gasteiger partial charge in [-0.05, 0) is 33.3 Å². The van der Waals surface area contributed by atoms with Crippen molar-refractivity contribution in [1.29, 1.82) is 0 Å². The van der Waals surface area contributed by atoms with E-state index in [1.807, 2.05) is 0 Å². The van der Waals surface area contributed by atoms with Gasteiger partial charge in [-0.1, -0.05) is 12.1 Å². The standard InChI is InChI=1S/C19H22FNO6S/c1-4-21(13-8-9-28(24,25)10-13)18(22)12(3)26-19(23)16-11(2)14-6-5-7-15(20)17(14)27-16/h5-7,12-13H,4,8-10H2,1-3H3/t12-,13+/m1/s1. The molecule has 0 spiro atoms. The Labute approximate surface area is 162 Å². The van der Waals surface area contributed by atoms with E-state index in [1.54, 1.807) is 19.9 Å². The van der Waals surface area contributed by atoms with Crippen molar-refractivity contribution in [2.45, 2.75) is 39.3 Å². The minimum atomic E-state index is -3.15. The van der Waals surface area contributed by atoms with E-state index in [9.17, 15) is 22.4 Å². The first-order valence-electron chi connectivity index (χ1n) is 9.04. The molecule has 0 aliphatic carbocycles. The smallest absolute Gasteiger partial charge is 0.375 e. The van der Waals surface area contributed by atoms with Gasteiger partial charge in [0.15, 0.2) is 27.3 Å². The largest absolute Gasteiger partial charge is 0.447 e. The lowest BCUT2D eigenvalue weighted by Crippen LogP contribution is -2.46. The fourth-order valence-corrected chi connectivity index (χ4v) is 5.25. The zero-order chi connectivity index (χ0) is 20.6. The van der Waals surface area contributed by atoms with Crippen molar-refractivity contribution in [1.82, 2.24) is 4.90 Å². The van der Waals surface area contributed by atoms with Gasteiger partial charge < -0.3 is 14.1 Å². The monoisotopic (exact) mass is 411 g/mol. The summed E-state index contributed by atoms with van der Waals surface area (Å²) in [5, 5.41) is 0.456. The average Bonchev–Trinajstić information content (AvgIpc) is 3.16. The second kappa shape index (κ2) is 7.54. The van der Waals surface area contributed by atoms with E-state index < -0.39 is 39.7 Å². The van der Waals surface area contributed by atoms with Gasteiger partial charge in [0.05, 0.1) is 11.5 Å². The maximum atomic E-state index is 13.9. The van der Waals surface area contributed by atoms with Crippen LogP contribution in [0.25, 0.3) is 11.0 Å². The van der Waals surface area contributed by atoms with Crippen molar-refractivity contribution in [3.8, 4) is 0 Å². The zero-order valence-corrected chi connectivity index (χ0v) is 16.7. The molecule has 152 valence electrons. The molecule has 2 aromatic rings. The molecule has 1 saturated heterocycles. The predicted octanol–water partition coefficient (Wildman–Crippen LogP) is 2.46. The highest BCUT2D eigenvalue weighted by Crippen LogP contribution is 2.28. The first kappa shape index (κ1) is 20.3. The maximum absolute atomic E-state index is 13.9. The Kier molecular flexibility index (Phi) is 5.47. The highest BCUT2D eigenvalue weighted by atomic mass is 32.2. The topological polar surface area (TPSA) is 93.9 Å². The van der Waals surface area contributed by atoms with Gasteiger partial charge in [-0.25, -0.2) is 17.6 Å². The molecule has 1 aliphatic rings. The number of furan rings is 1. The van der Waals surface area contributed by atoms with Crippen molar-refractivity contribution < 1.29 is 31.6 Å². The van der Waals surface area contributed by atoms with Gasteiger partial charge in [0.1, 0.15) is 0 Å². The normalized spacial score (nSPS) is 19.5. The van der Waals surface area contributed by atoms with E-state index in [1.165, 1.54) is 24.0 Å². The molecule has 1 amide bonds. The molecule has 1 aromatic carbocycles. The number of benzene rings is 1. The first-order valence-corrected chi connectivity index (χ1v) is 10.9. The number of fused-ring (bicyclic) bond motifs is 1. The van der Waals surface area contributed by atoms with Crippen LogP contribution >= 0.6 is 0 Å². The van der Waals surface area contributed by atoms with E-state index in [2.05, 4.69) is 0 Å². The third-order valence-electron chi connectivity index (χ3n) is 5.01. The summed E-state index contributed by atoms with van der Waals surface area (Å²) in [5.74, 6) is -2.15. The lowest BCUT2D eigenvalue weighted by atomic mass is 10.1. The quantitative estimate of drug-likeness (QED) is 0.702. The zero-order valence-electron chi connectivity index (χ0n) is 15.9. The van der Waals surface area contributed by atoms with Crippen LogP contribution in [0.3, 0.4) is 0 Å². The number of aryl methyl sites for hydroxylation is 1. The van der Waals surface area contributed by atoms with Crippen molar-refractivity contribution in [3.63, 3.8) is 0 Å². The Morgan fingerprint density at radius 1 is 1.39 bits per heavy atom. The van der Waals surface area contributed by atoms with E-state index in [4.69, 9.17) is 9.15 Å². The summed E-state index contributed by atoms with van der Waals surface area (Å²) in [7, 11) is -3.15. The molecule has 2 heterocycles. The van der Waals surface area contributed by atoms with E-state index in [0.717, 1.165) is 0 Å². The highest BCUT2D eigenvalue weighted by molar-refractivity contribution is 7.91. The number of carbonyl (C=O) groups excluding carboxylic acids is 2. The van der Waals surface area contributed by atoms with Crippen LogP contribution < -0.4 is 0 Å². The van der Waals surface area contributed by atoms with Crippen LogP contribution in [-0.2, 0) is 19.4 Å². The molecule has 0 bridgehead atoms. The molecule has 0 radical (unpaired) electrons. The van der Waals surface area contributed by atoms with Gasteiger partial charge in [0.25, 0.3) is 5.91 Å². The van der Waals surface area contributed by atoms with Crippen molar-refractivity contribution in [3.05, 3.63) is 35.3 Å². The Morgan fingerprint density at radius 3 is 2.68 bits per heavy atom. The third-order valence-corrected chi connectivity index (χ3v) is 6.76. The van der Waals surface area contributed by atoms with Crippen LogP contribution in [-0.4, -0.2) is 55.4 Å². The van der Waals surface area contributed by atoms with Gasteiger partial charge >= 0.3 is 5.97 Å². The molecule has 0 saturated carbocycles. The number of nitrogens with zero attached hydrogens (tertiary/aromatic N) is 1. The molecule has 0 N–H and O–H groups in total. The fourth-order valence-electron chi connectivity index (χ4n) is 3.52. The Hall–Kier alpha value is -2.42. The summed E-state index contributed by atoms with van der Waals surface area (Å²) in [6, 6.07) is 3.94. The summed E-state index contributed by atoms with van der Waals surface area (Å²) in [4.78, 5) is 26.6. The number of likely N-dealkylation sites (N-methyl/N-ethyl adjacent to an activating group) is 1. The number of carbonyl (C=O) groups is 2. The second-order valence-electron chi connectivity index (χ2n) is 6.90. The molecular formula is C19H22FNO6S. The first-order chi connectivity index (χ1) is 13.1. The number of sulfone groups is 1. The molecule has 0 unspecified atom stereocenters. The average molecular weight is 411 g/mol. The van der Waals surface area contributed by atoms with E-state index >= 15 is 0 Å². The van der Waals surface area contributed by atoms with Crippen molar-refractivity contribution in [2.24, 2.45) is 0 Å². The lowest BCUT2D eigenvalue weighted by molar-refractivity contribution is -0.141. The molecule has 2 atom stereocenters. The molecule has 3 rings (SSSR count). The SMILES string of the molecule is CCN(C(=O)[C@@H](C)OC(=O)c1oc2c(F)cccc2c1C)[C@H]1CCS(=O)(=O)C1. The van der Waals surface area contributed by atoms with Gasteiger partial charge in [0.2, 0.25) is 5.76 Å². The molecule has 1 fully saturated rings. The van der Waals surface area contributed by atoms with Crippen molar-refractivity contribution in [2.75, 3.05) is 18.1 Å². The van der Waals surface area contributed by atoms with Gasteiger partial charge in [0, 0.05) is 23.5 Å². The van der Waals surface area contributed by atoms with Crippen LogP contribution in [0.15, 0.2) is 22.6 Å². The predicted molar refractivity (Wildman–Crippen MR) is 100 cm³/mol. The lowest BCUT2D eigenvalue weighted by Gasteiger charge is -2.29. The molecular weight excluding hydrogens is 389 g/mol. The fraction of sp³-hybridized carbons (Fsp3) is 0.474. The Balaban J connectivity index is 1.76. The van der Waals surface area contributed by atoms with Crippen LogP contribution in [0.5, 0.6) is 0 Å². The molecule has 1 aliphatic heterocycles. The van der Waals surface area contributed by atoms with Crippen molar-refractivity contribution >= 4 is 32.7 Å². The van der Waals surface area contributed by atoms with Crippen LogP contribution in [0.2, 0.25) is 0 Å². The highest BCUT2D eigenvalue weighted by Gasteiger charge is 2.36. The number of ether oxygens (including phenoxy) is 1. The maximum Gasteiger partial charge on any atom is 0.375 e. The van der Waals surface area contributed by atoms with Crippen LogP contribution in [0, 0.1) is 12.7 Å². The number of esters is 1. The van der Waals surface area contributed by atoms with Gasteiger partial charge in [-0.3, -0.25) is 4.79 Å².